The Morgan fingerprint density at radius 1 is 0.953 bits per heavy atom. The molecule has 0 amide bonds. The molecule has 12 nitrogen and oxygen atoms in total. The zero-order valence-electron chi connectivity index (χ0n) is 21.9. The van der Waals surface area contributed by atoms with Crippen molar-refractivity contribution in [2.75, 3.05) is 0 Å². The third-order valence-corrected chi connectivity index (χ3v) is 6.93. The Morgan fingerprint density at radius 3 is 2.53 bits per heavy atom. The molecule has 0 fully saturated rings. The maximum Gasteiger partial charge on any atom is 0.312 e. The first-order valence-corrected chi connectivity index (χ1v) is 13.5. The number of nitro benzene ring substituents is 2. The summed E-state index contributed by atoms with van der Waals surface area (Å²) in [5, 5.41) is 28.7. The molecule has 0 N–H and O–H groups in total. The smallest absolute Gasteiger partial charge is 0.312 e. The van der Waals surface area contributed by atoms with Crippen LogP contribution in [-0.4, -0.2) is 25.7 Å². The Kier molecular flexibility index (Phi) is 7.22. The molecule has 43 heavy (non-hydrogen) atoms. The van der Waals surface area contributed by atoms with E-state index in [1.165, 1.54) is 30.5 Å². The number of benzene rings is 4. The lowest BCUT2D eigenvalue weighted by Gasteiger charge is -2.11. The van der Waals surface area contributed by atoms with Crippen molar-refractivity contribution in [1.29, 1.82) is 0 Å². The molecule has 6 rings (SSSR count). The Hall–Kier alpha value is -5.69. The van der Waals surface area contributed by atoms with Crippen LogP contribution in [0.4, 0.5) is 11.4 Å². The molecule has 0 atom stereocenters. The highest BCUT2D eigenvalue weighted by molar-refractivity contribution is 9.10. The molecule has 6 aromatic rings. The minimum atomic E-state index is -0.617. The van der Waals surface area contributed by atoms with E-state index < -0.39 is 15.4 Å². The summed E-state index contributed by atoms with van der Waals surface area (Å²) in [6, 6.07) is 24.4. The number of fused-ring (bicyclic) bond motifs is 2. The predicted molar refractivity (Wildman–Crippen MR) is 162 cm³/mol. The van der Waals surface area contributed by atoms with Gasteiger partial charge in [0, 0.05) is 33.6 Å². The largest absolute Gasteiger partial charge is 0.481 e. The fourth-order valence-corrected chi connectivity index (χ4v) is 4.97. The zero-order chi connectivity index (χ0) is 30.1. The van der Waals surface area contributed by atoms with Crippen LogP contribution in [0, 0.1) is 20.2 Å². The number of rotatable bonds is 8. The first-order chi connectivity index (χ1) is 20.8. The van der Waals surface area contributed by atoms with Crippen molar-refractivity contribution in [3.05, 3.63) is 137 Å². The van der Waals surface area contributed by atoms with Gasteiger partial charge in [-0.2, -0.15) is 9.78 Å². The van der Waals surface area contributed by atoms with Crippen molar-refractivity contribution in [3.8, 4) is 17.3 Å². The van der Waals surface area contributed by atoms with Gasteiger partial charge in [-0.1, -0.05) is 58.4 Å². The monoisotopic (exact) mass is 639 g/mol. The number of hydrogen-bond donors (Lipinski definition) is 0. The van der Waals surface area contributed by atoms with Crippen LogP contribution in [0.15, 0.2) is 110 Å². The van der Waals surface area contributed by atoms with Gasteiger partial charge >= 0.3 is 5.69 Å². The molecular formula is C30H18BrN5O7. The van der Waals surface area contributed by atoms with Crippen molar-refractivity contribution in [3.63, 3.8) is 0 Å². The average Bonchev–Trinajstić information content (AvgIpc) is 3.44. The van der Waals surface area contributed by atoms with E-state index in [-0.39, 0.29) is 35.1 Å². The van der Waals surface area contributed by atoms with Crippen LogP contribution in [0.25, 0.3) is 33.5 Å². The molecule has 2 aromatic heterocycles. The number of nitrogens with zero attached hydrogens (tertiary/aromatic N) is 5. The SMILES string of the molecule is O=c1c2ccccc2nc(-c2cc3ccccc3o2)n1N=Cc1cc(Br)cc([N+](=O)[O-])c1OCc1cccc([N+](=O)[O-])c1. The quantitative estimate of drug-likeness (QED) is 0.0994. The zero-order valence-corrected chi connectivity index (χ0v) is 23.5. The van der Waals surface area contributed by atoms with E-state index in [0.29, 0.717) is 32.3 Å². The second-order valence-electron chi connectivity index (χ2n) is 9.28. The van der Waals surface area contributed by atoms with Gasteiger partial charge in [0.25, 0.3) is 11.2 Å². The van der Waals surface area contributed by atoms with E-state index in [1.807, 2.05) is 18.2 Å². The molecule has 0 saturated heterocycles. The maximum atomic E-state index is 13.6. The normalized spacial score (nSPS) is 11.4. The van der Waals surface area contributed by atoms with Crippen LogP contribution in [0.3, 0.4) is 0 Å². The molecule has 0 saturated carbocycles. The fourth-order valence-electron chi connectivity index (χ4n) is 4.51. The minimum Gasteiger partial charge on any atom is -0.481 e. The van der Waals surface area contributed by atoms with Gasteiger partial charge in [0.2, 0.25) is 11.6 Å². The lowest BCUT2D eigenvalue weighted by Crippen LogP contribution is -2.20. The van der Waals surface area contributed by atoms with Gasteiger partial charge in [-0.15, -0.1) is 0 Å². The second kappa shape index (κ2) is 11.3. The van der Waals surface area contributed by atoms with Crippen LogP contribution in [0.5, 0.6) is 5.75 Å². The summed E-state index contributed by atoms with van der Waals surface area (Å²) >= 11 is 3.29. The summed E-state index contributed by atoms with van der Waals surface area (Å²) in [5.74, 6) is 0.277. The first kappa shape index (κ1) is 27.5. The third-order valence-electron chi connectivity index (χ3n) is 6.48. The number of para-hydroxylation sites is 2. The van der Waals surface area contributed by atoms with Crippen molar-refractivity contribution in [2.24, 2.45) is 5.10 Å². The summed E-state index contributed by atoms with van der Waals surface area (Å²) in [6.07, 6.45) is 1.25. The number of aromatic nitrogens is 2. The standard InChI is InChI=1S/C30H18BrN5O7/c31-21-13-20(28(25(15-21)36(40)41)42-17-18-6-5-8-22(12-18)35(38)39)16-32-34-29(27-14-19-7-1-4-11-26(19)43-27)33-24-10-3-2-9-23(24)30(34)37/h1-16H,17H2. The number of halogens is 1. The minimum absolute atomic E-state index is 0.125. The number of hydrogen-bond acceptors (Lipinski definition) is 9. The summed E-state index contributed by atoms with van der Waals surface area (Å²) in [6.45, 7) is -0.202. The lowest BCUT2D eigenvalue weighted by molar-refractivity contribution is -0.386. The van der Waals surface area contributed by atoms with Gasteiger partial charge in [0.15, 0.2) is 5.76 Å². The fraction of sp³-hybridized carbons (Fsp3) is 0.0333. The Labute approximate surface area is 249 Å². The molecule has 0 spiro atoms. The lowest BCUT2D eigenvalue weighted by atomic mass is 10.1. The summed E-state index contributed by atoms with van der Waals surface area (Å²) in [4.78, 5) is 40.3. The number of ether oxygens (including phenoxy) is 1. The number of nitro groups is 2. The van der Waals surface area contributed by atoms with Gasteiger partial charge in [-0.05, 0) is 35.9 Å². The molecule has 13 heteroatoms. The Bertz CT molecular complexity index is 2120. The van der Waals surface area contributed by atoms with E-state index in [0.717, 1.165) is 10.1 Å². The van der Waals surface area contributed by atoms with Crippen LogP contribution >= 0.6 is 15.9 Å². The van der Waals surface area contributed by atoms with Crippen LogP contribution in [0.2, 0.25) is 0 Å². The molecule has 0 aliphatic carbocycles. The molecule has 0 bridgehead atoms. The maximum absolute atomic E-state index is 13.6. The van der Waals surface area contributed by atoms with Crippen molar-refractivity contribution >= 4 is 55.4 Å². The second-order valence-corrected chi connectivity index (χ2v) is 10.2. The Balaban J connectivity index is 1.47. The van der Waals surface area contributed by atoms with E-state index in [1.54, 1.807) is 48.5 Å². The highest BCUT2D eigenvalue weighted by Crippen LogP contribution is 2.35. The molecule has 0 aliphatic rings. The topological polar surface area (TPSA) is 156 Å². The van der Waals surface area contributed by atoms with Crippen molar-refractivity contribution in [2.45, 2.75) is 6.61 Å². The van der Waals surface area contributed by atoms with E-state index in [2.05, 4.69) is 26.0 Å². The van der Waals surface area contributed by atoms with Crippen LogP contribution in [0.1, 0.15) is 11.1 Å². The number of non-ortho nitro benzene ring substituents is 1. The molecule has 4 aromatic carbocycles. The molecule has 2 heterocycles. The van der Waals surface area contributed by atoms with Gasteiger partial charge in [-0.25, -0.2) is 4.98 Å². The van der Waals surface area contributed by atoms with Crippen molar-refractivity contribution < 1.29 is 19.0 Å². The van der Waals surface area contributed by atoms with Crippen molar-refractivity contribution in [1.82, 2.24) is 9.66 Å². The third kappa shape index (κ3) is 5.48. The molecular weight excluding hydrogens is 622 g/mol. The molecule has 0 radical (unpaired) electrons. The predicted octanol–water partition coefficient (Wildman–Crippen LogP) is 6.85. The molecule has 0 aliphatic heterocycles. The van der Waals surface area contributed by atoms with Gasteiger partial charge < -0.3 is 9.15 Å². The van der Waals surface area contributed by atoms with Gasteiger partial charge in [0.1, 0.15) is 12.2 Å². The van der Waals surface area contributed by atoms with Gasteiger partial charge in [-0.3, -0.25) is 25.0 Å². The van der Waals surface area contributed by atoms with Gasteiger partial charge in [0.05, 0.1) is 27.0 Å². The highest BCUT2D eigenvalue weighted by atomic mass is 79.9. The number of furan rings is 1. The first-order valence-electron chi connectivity index (χ1n) is 12.7. The molecule has 0 unspecified atom stereocenters. The van der Waals surface area contributed by atoms with E-state index in [4.69, 9.17) is 9.15 Å². The van der Waals surface area contributed by atoms with E-state index >= 15 is 0 Å². The summed E-state index contributed by atoms with van der Waals surface area (Å²) in [7, 11) is 0. The summed E-state index contributed by atoms with van der Waals surface area (Å²) < 4.78 is 13.3. The highest BCUT2D eigenvalue weighted by Gasteiger charge is 2.22. The van der Waals surface area contributed by atoms with E-state index in [9.17, 15) is 25.0 Å². The Morgan fingerprint density at radius 2 is 1.74 bits per heavy atom. The van der Waals surface area contributed by atoms with Crippen LogP contribution < -0.4 is 10.3 Å². The van der Waals surface area contributed by atoms with Crippen LogP contribution in [-0.2, 0) is 6.61 Å². The molecule has 212 valence electrons. The summed E-state index contributed by atoms with van der Waals surface area (Å²) in [5.41, 5.74) is 0.625. The average molecular weight is 640 g/mol.